The highest BCUT2D eigenvalue weighted by atomic mass is 79.9. The van der Waals surface area contributed by atoms with Crippen LogP contribution in [0.15, 0.2) is 22.7 Å². The second kappa shape index (κ2) is 4.24. The van der Waals surface area contributed by atoms with Crippen LogP contribution in [0.3, 0.4) is 0 Å². The summed E-state index contributed by atoms with van der Waals surface area (Å²) in [5.41, 5.74) is 6.85. The molecule has 5 heteroatoms. The zero-order chi connectivity index (χ0) is 11.7. The minimum absolute atomic E-state index is 0.0258. The van der Waals surface area contributed by atoms with Gasteiger partial charge in [-0.1, -0.05) is 15.9 Å². The molecule has 1 aromatic rings. The molecule has 1 amide bonds. The fraction of sp³-hybridized carbons (Fsp3) is 0.273. The molecular formula is C11H10BrN3O. The molecule has 2 N–H and O–H groups in total. The molecule has 1 aliphatic heterocycles. The summed E-state index contributed by atoms with van der Waals surface area (Å²) in [5, 5.41) is 8.99. The molecule has 0 bridgehead atoms. The van der Waals surface area contributed by atoms with Crippen molar-refractivity contribution < 1.29 is 4.79 Å². The van der Waals surface area contributed by atoms with Crippen molar-refractivity contribution in [3.63, 3.8) is 0 Å². The zero-order valence-electron chi connectivity index (χ0n) is 8.48. The van der Waals surface area contributed by atoms with Gasteiger partial charge in [0, 0.05) is 23.5 Å². The number of nitrogens with two attached hydrogens (primary N) is 1. The van der Waals surface area contributed by atoms with E-state index >= 15 is 0 Å². The van der Waals surface area contributed by atoms with Gasteiger partial charge in [-0.05, 0) is 18.2 Å². The van der Waals surface area contributed by atoms with Crippen LogP contribution in [-0.4, -0.2) is 18.5 Å². The predicted molar refractivity (Wildman–Crippen MR) is 63.8 cm³/mol. The van der Waals surface area contributed by atoms with Gasteiger partial charge in [0.25, 0.3) is 0 Å². The first-order valence-electron chi connectivity index (χ1n) is 4.87. The molecule has 1 heterocycles. The summed E-state index contributed by atoms with van der Waals surface area (Å²) in [4.78, 5) is 13.3. The van der Waals surface area contributed by atoms with Crippen molar-refractivity contribution in [2.75, 3.05) is 11.4 Å². The Bertz CT molecular complexity index is 481. The third-order valence-corrected chi connectivity index (χ3v) is 3.02. The van der Waals surface area contributed by atoms with Crippen molar-refractivity contribution in [1.82, 2.24) is 0 Å². The minimum atomic E-state index is -0.141. The Morgan fingerprint density at radius 1 is 1.56 bits per heavy atom. The van der Waals surface area contributed by atoms with E-state index in [2.05, 4.69) is 22.0 Å². The SMILES string of the molecule is N#Cc1ccc(Br)cc1N1CC(N)CC1=O. The second-order valence-electron chi connectivity index (χ2n) is 3.74. The molecule has 1 aliphatic rings. The number of benzene rings is 1. The number of carbonyl (C=O) groups is 1. The minimum Gasteiger partial charge on any atom is -0.326 e. The van der Waals surface area contributed by atoms with Crippen LogP contribution in [0.2, 0.25) is 0 Å². The Morgan fingerprint density at radius 2 is 2.31 bits per heavy atom. The molecule has 16 heavy (non-hydrogen) atoms. The van der Waals surface area contributed by atoms with Gasteiger partial charge in [-0.25, -0.2) is 0 Å². The third kappa shape index (κ3) is 1.94. The summed E-state index contributed by atoms with van der Waals surface area (Å²) >= 11 is 3.33. The monoisotopic (exact) mass is 279 g/mol. The molecular weight excluding hydrogens is 270 g/mol. The number of hydrogen-bond acceptors (Lipinski definition) is 3. The summed E-state index contributed by atoms with van der Waals surface area (Å²) in [6.07, 6.45) is 0.345. The molecule has 1 atom stereocenters. The number of halogens is 1. The largest absolute Gasteiger partial charge is 0.326 e. The van der Waals surface area contributed by atoms with Crippen molar-refractivity contribution in [2.24, 2.45) is 5.73 Å². The van der Waals surface area contributed by atoms with Crippen LogP contribution in [0.5, 0.6) is 0 Å². The molecule has 0 radical (unpaired) electrons. The van der Waals surface area contributed by atoms with Crippen LogP contribution in [0.1, 0.15) is 12.0 Å². The molecule has 1 fully saturated rings. The summed E-state index contributed by atoms with van der Waals surface area (Å²) < 4.78 is 0.842. The van der Waals surface area contributed by atoms with E-state index < -0.39 is 0 Å². The van der Waals surface area contributed by atoms with Crippen LogP contribution in [0.4, 0.5) is 5.69 Å². The van der Waals surface area contributed by atoms with E-state index in [4.69, 9.17) is 11.0 Å². The van der Waals surface area contributed by atoms with Gasteiger partial charge in [0.15, 0.2) is 0 Å². The topological polar surface area (TPSA) is 70.1 Å². The van der Waals surface area contributed by atoms with E-state index in [1.807, 2.05) is 0 Å². The Balaban J connectivity index is 2.44. The lowest BCUT2D eigenvalue weighted by atomic mass is 10.2. The van der Waals surface area contributed by atoms with Gasteiger partial charge in [0.2, 0.25) is 5.91 Å². The first-order valence-corrected chi connectivity index (χ1v) is 5.66. The maximum absolute atomic E-state index is 11.7. The van der Waals surface area contributed by atoms with Crippen molar-refractivity contribution in [1.29, 1.82) is 5.26 Å². The molecule has 0 spiro atoms. The van der Waals surface area contributed by atoms with Crippen LogP contribution in [0, 0.1) is 11.3 Å². The number of amides is 1. The average molecular weight is 280 g/mol. The van der Waals surface area contributed by atoms with Gasteiger partial charge in [-0.2, -0.15) is 5.26 Å². The molecule has 2 rings (SSSR count). The molecule has 0 aromatic heterocycles. The number of anilines is 1. The standard InChI is InChI=1S/C11H10BrN3O/c12-8-2-1-7(5-13)10(3-8)15-6-9(14)4-11(15)16/h1-3,9H,4,6,14H2. The summed E-state index contributed by atoms with van der Waals surface area (Å²) in [6, 6.07) is 7.18. The van der Waals surface area contributed by atoms with Crippen molar-refractivity contribution >= 4 is 27.5 Å². The van der Waals surface area contributed by atoms with Crippen molar-refractivity contribution in [2.45, 2.75) is 12.5 Å². The fourth-order valence-corrected chi connectivity index (χ4v) is 2.14. The van der Waals surface area contributed by atoms with Gasteiger partial charge in [0.05, 0.1) is 11.3 Å². The first-order chi connectivity index (χ1) is 7.61. The van der Waals surface area contributed by atoms with Gasteiger partial charge in [-0.15, -0.1) is 0 Å². The lowest BCUT2D eigenvalue weighted by molar-refractivity contribution is -0.117. The Labute approximate surface area is 102 Å². The smallest absolute Gasteiger partial charge is 0.228 e. The Hall–Kier alpha value is -1.38. The predicted octanol–water partition coefficient (Wildman–Crippen LogP) is 1.38. The van der Waals surface area contributed by atoms with E-state index in [-0.39, 0.29) is 11.9 Å². The summed E-state index contributed by atoms with van der Waals surface area (Å²) in [5.74, 6) is -0.0258. The van der Waals surface area contributed by atoms with Crippen LogP contribution in [-0.2, 0) is 4.79 Å². The zero-order valence-corrected chi connectivity index (χ0v) is 10.1. The van der Waals surface area contributed by atoms with E-state index in [0.717, 1.165) is 4.47 Å². The molecule has 1 saturated heterocycles. The highest BCUT2D eigenvalue weighted by Gasteiger charge is 2.29. The maximum Gasteiger partial charge on any atom is 0.228 e. The lowest BCUT2D eigenvalue weighted by Gasteiger charge is -2.17. The number of nitrogens with zero attached hydrogens (tertiary/aromatic N) is 2. The van der Waals surface area contributed by atoms with E-state index in [0.29, 0.717) is 24.2 Å². The highest BCUT2D eigenvalue weighted by Crippen LogP contribution is 2.27. The van der Waals surface area contributed by atoms with E-state index in [1.54, 1.807) is 23.1 Å². The van der Waals surface area contributed by atoms with Crippen LogP contribution >= 0.6 is 15.9 Å². The fourth-order valence-electron chi connectivity index (χ4n) is 1.79. The molecule has 0 aliphatic carbocycles. The van der Waals surface area contributed by atoms with Crippen molar-refractivity contribution in [3.8, 4) is 6.07 Å². The Kier molecular flexibility index (Phi) is 2.95. The number of carbonyl (C=O) groups excluding carboxylic acids is 1. The normalized spacial score (nSPS) is 19.9. The second-order valence-corrected chi connectivity index (χ2v) is 4.66. The number of hydrogen-bond donors (Lipinski definition) is 1. The van der Waals surface area contributed by atoms with Gasteiger partial charge in [0.1, 0.15) is 6.07 Å². The highest BCUT2D eigenvalue weighted by molar-refractivity contribution is 9.10. The lowest BCUT2D eigenvalue weighted by Crippen LogP contribution is -2.28. The average Bonchev–Trinajstić information content (AvgIpc) is 2.57. The molecule has 1 unspecified atom stereocenters. The van der Waals surface area contributed by atoms with Gasteiger partial charge in [-0.3, -0.25) is 4.79 Å². The Morgan fingerprint density at radius 3 is 2.88 bits per heavy atom. The van der Waals surface area contributed by atoms with Crippen LogP contribution in [0.25, 0.3) is 0 Å². The molecule has 1 aromatic carbocycles. The number of nitriles is 1. The van der Waals surface area contributed by atoms with Gasteiger partial charge < -0.3 is 10.6 Å². The van der Waals surface area contributed by atoms with E-state index in [1.165, 1.54) is 0 Å². The summed E-state index contributed by atoms with van der Waals surface area (Å²) in [7, 11) is 0. The number of rotatable bonds is 1. The van der Waals surface area contributed by atoms with Gasteiger partial charge >= 0.3 is 0 Å². The molecule has 82 valence electrons. The molecule has 0 saturated carbocycles. The maximum atomic E-state index is 11.7. The quantitative estimate of drug-likeness (QED) is 0.845. The molecule has 4 nitrogen and oxygen atoms in total. The van der Waals surface area contributed by atoms with Crippen LogP contribution < -0.4 is 10.6 Å². The van der Waals surface area contributed by atoms with E-state index in [9.17, 15) is 4.79 Å². The first kappa shape index (κ1) is 11.1. The van der Waals surface area contributed by atoms with Crippen molar-refractivity contribution in [3.05, 3.63) is 28.2 Å². The third-order valence-electron chi connectivity index (χ3n) is 2.53. The summed E-state index contributed by atoms with van der Waals surface area (Å²) in [6.45, 7) is 0.476.